The van der Waals surface area contributed by atoms with E-state index in [4.69, 9.17) is 5.73 Å². The van der Waals surface area contributed by atoms with Gasteiger partial charge in [0.25, 0.3) is 0 Å². The molecule has 2 nitrogen and oxygen atoms in total. The lowest BCUT2D eigenvalue weighted by Gasteiger charge is -2.46. The molecular weight excluding hydrogens is 232 g/mol. The fourth-order valence-corrected chi connectivity index (χ4v) is 4.06. The van der Waals surface area contributed by atoms with E-state index in [1.54, 1.807) is 0 Å². The van der Waals surface area contributed by atoms with E-state index >= 15 is 0 Å². The van der Waals surface area contributed by atoms with Crippen LogP contribution >= 0.6 is 0 Å². The van der Waals surface area contributed by atoms with Crippen molar-refractivity contribution in [1.29, 1.82) is 0 Å². The van der Waals surface area contributed by atoms with Gasteiger partial charge in [-0.25, -0.2) is 0 Å². The summed E-state index contributed by atoms with van der Waals surface area (Å²) in [6.07, 6.45) is 8.41. The first-order valence-corrected chi connectivity index (χ1v) is 7.88. The zero-order valence-electron chi connectivity index (χ0n) is 12.0. The second-order valence-corrected chi connectivity index (χ2v) is 6.29. The maximum absolute atomic E-state index is 6.16. The third kappa shape index (κ3) is 2.51. The molecule has 0 spiro atoms. The first kappa shape index (κ1) is 13.0. The van der Waals surface area contributed by atoms with Crippen molar-refractivity contribution < 1.29 is 0 Å². The number of nitrogens with two attached hydrogens (primary N) is 1. The number of para-hydroxylation sites is 1. The maximum Gasteiger partial charge on any atom is 0.0417 e. The van der Waals surface area contributed by atoms with Crippen LogP contribution in [0.15, 0.2) is 24.3 Å². The molecule has 3 atom stereocenters. The van der Waals surface area contributed by atoms with Crippen molar-refractivity contribution in [2.24, 2.45) is 11.7 Å². The van der Waals surface area contributed by atoms with Crippen molar-refractivity contribution in [2.75, 3.05) is 11.4 Å². The summed E-state index contributed by atoms with van der Waals surface area (Å²) in [5.41, 5.74) is 8.87. The van der Waals surface area contributed by atoms with Crippen LogP contribution in [-0.2, 0) is 0 Å². The fraction of sp³-hybridized carbons (Fsp3) is 0.647. The molecule has 2 fully saturated rings. The summed E-state index contributed by atoms with van der Waals surface area (Å²) in [5.74, 6) is 0.920. The molecule has 1 heterocycles. The minimum Gasteiger partial charge on any atom is -0.368 e. The van der Waals surface area contributed by atoms with Gasteiger partial charge in [0, 0.05) is 24.3 Å². The van der Waals surface area contributed by atoms with Crippen LogP contribution in [-0.4, -0.2) is 12.6 Å². The summed E-state index contributed by atoms with van der Waals surface area (Å²) >= 11 is 0. The summed E-state index contributed by atoms with van der Waals surface area (Å²) in [5, 5.41) is 0. The van der Waals surface area contributed by atoms with Gasteiger partial charge in [-0.05, 0) is 50.2 Å². The van der Waals surface area contributed by atoms with Crippen molar-refractivity contribution in [1.82, 2.24) is 0 Å². The van der Waals surface area contributed by atoms with Gasteiger partial charge in [-0.15, -0.1) is 0 Å². The number of benzene rings is 1. The topological polar surface area (TPSA) is 29.3 Å². The van der Waals surface area contributed by atoms with Crippen LogP contribution in [0, 0.1) is 5.92 Å². The lowest BCUT2D eigenvalue weighted by atomic mass is 9.78. The first-order valence-electron chi connectivity index (χ1n) is 7.88. The molecule has 2 heteroatoms. The molecule has 0 radical (unpaired) electrons. The Hall–Kier alpha value is -1.02. The number of hydrogen-bond acceptors (Lipinski definition) is 2. The van der Waals surface area contributed by atoms with Gasteiger partial charge in [0.1, 0.15) is 0 Å². The lowest BCUT2D eigenvalue weighted by Crippen LogP contribution is -2.47. The van der Waals surface area contributed by atoms with Crippen LogP contribution in [0.25, 0.3) is 0 Å². The smallest absolute Gasteiger partial charge is 0.0417 e. The monoisotopic (exact) mass is 258 g/mol. The van der Waals surface area contributed by atoms with Crippen molar-refractivity contribution in [2.45, 2.75) is 57.5 Å². The van der Waals surface area contributed by atoms with Crippen LogP contribution in [0.4, 0.5) is 5.69 Å². The van der Waals surface area contributed by atoms with Crippen molar-refractivity contribution >= 4 is 5.69 Å². The zero-order chi connectivity index (χ0) is 13.2. The van der Waals surface area contributed by atoms with E-state index in [1.165, 1.54) is 56.3 Å². The second kappa shape index (κ2) is 5.54. The van der Waals surface area contributed by atoms with E-state index in [2.05, 4.69) is 36.1 Å². The molecule has 2 N–H and O–H groups in total. The van der Waals surface area contributed by atoms with E-state index in [0.29, 0.717) is 0 Å². The van der Waals surface area contributed by atoms with E-state index in [0.717, 1.165) is 12.0 Å². The van der Waals surface area contributed by atoms with Gasteiger partial charge in [0.05, 0.1) is 0 Å². The molecule has 0 amide bonds. The van der Waals surface area contributed by atoms with E-state index in [1.807, 2.05) is 0 Å². The molecule has 0 bridgehead atoms. The van der Waals surface area contributed by atoms with Gasteiger partial charge in [0.2, 0.25) is 0 Å². The summed E-state index contributed by atoms with van der Waals surface area (Å²) in [6, 6.07) is 9.64. The van der Waals surface area contributed by atoms with Gasteiger partial charge >= 0.3 is 0 Å². The van der Waals surface area contributed by atoms with E-state index in [-0.39, 0.29) is 6.04 Å². The number of nitrogens with zero attached hydrogens (tertiary/aromatic N) is 1. The number of hydrogen-bond donors (Lipinski definition) is 1. The third-order valence-corrected chi connectivity index (χ3v) is 4.98. The second-order valence-electron chi connectivity index (χ2n) is 6.29. The van der Waals surface area contributed by atoms with Crippen molar-refractivity contribution in [3.63, 3.8) is 0 Å². The molecule has 0 aromatic heterocycles. The highest BCUT2D eigenvalue weighted by atomic mass is 15.2. The SMILES string of the molecule is C[C@H](N)c1ccccc1N1CCC[C@H]2CCCC[C@H]21. The Morgan fingerprint density at radius 2 is 1.84 bits per heavy atom. The maximum atomic E-state index is 6.16. The average Bonchev–Trinajstić information content (AvgIpc) is 2.46. The Balaban J connectivity index is 1.91. The quantitative estimate of drug-likeness (QED) is 0.872. The van der Waals surface area contributed by atoms with Crippen LogP contribution in [0.1, 0.15) is 57.1 Å². The van der Waals surface area contributed by atoms with Gasteiger partial charge in [-0.2, -0.15) is 0 Å². The third-order valence-electron chi connectivity index (χ3n) is 4.98. The minimum absolute atomic E-state index is 0.125. The van der Waals surface area contributed by atoms with Crippen LogP contribution < -0.4 is 10.6 Å². The molecule has 1 saturated heterocycles. The molecule has 3 rings (SSSR count). The highest BCUT2D eigenvalue weighted by Gasteiger charge is 2.34. The Bertz CT molecular complexity index is 425. The normalized spacial score (nSPS) is 28.8. The Labute approximate surface area is 117 Å². The number of rotatable bonds is 2. The standard InChI is InChI=1S/C17H26N2/c1-13(18)15-9-3-5-11-17(15)19-12-6-8-14-7-2-4-10-16(14)19/h3,5,9,11,13-14,16H,2,4,6-8,10,12,18H2,1H3/t13-,14+,16+/m0/s1. The molecule has 1 aliphatic carbocycles. The number of piperidine rings is 1. The zero-order valence-corrected chi connectivity index (χ0v) is 12.0. The van der Waals surface area contributed by atoms with Gasteiger partial charge in [-0.1, -0.05) is 31.0 Å². The predicted octanol–water partition coefficient (Wildman–Crippen LogP) is 3.87. The highest BCUT2D eigenvalue weighted by molar-refractivity contribution is 5.56. The average molecular weight is 258 g/mol. The number of anilines is 1. The van der Waals surface area contributed by atoms with Crippen LogP contribution in [0.3, 0.4) is 0 Å². The molecule has 1 saturated carbocycles. The summed E-state index contributed by atoms with van der Waals surface area (Å²) in [6.45, 7) is 3.31. The fourth-order valence-electron chi connectivity index (χ4n) is 4.06. The van der Waals surface area contributed by atoms with Crippen molar-refractivity contribution in [3.8, 4) is 0 Å². The highest BCUT2D eigenvalue weighted by Crippen LogP contribution is 2.39. The van der Waals surface area contributed by atoms with Gasteiger partial charge in [-0.3, -0.25) is 0 Å². The Kier molecular flexibility index (Phi) is 3.79. The van der Waals surface area contributed by atoms with E-state index in [9.17, 15) is 0 Å². The summed E-state index contributed by atoms with van der Waals surface area (Å²) in [7, 11) is 0. The predicted molar refractivity (Wildman–Crippen MR) is 81.4 cm³/mol. The molecule has 2 aliphatic rings. The van der Waals surface area contributed by atoms with Crippen molar-refractivity contribution in [3.05, 3.63) is 29.8 Å². The number of fused-ring (bicyclic) bond motifs is 1. The summed E-state index contributed by atoms with van der Waals surface area (Å²) in [4.78, 5) is 2.67. The van der Waals surface area contributed by atoms with Gasteiger partial charge < -0.3 is 10.6 Å². The van der Waals surface area contributed by atoms with Gasteiger partial charge in [0.15, 0.2) is 0 Å². The lowest BCUT2D eigenvalue weighted by molar-refractivity contribution is 0.243. The molecule has 1 aromatic carbocycles. The molecule has 19 heavy (non-hydrogen) atoms. The first-order chi connectivity index (χ1) is 9.27. The van der Waals surface area contributed by atoms with Crippen LogP contribution in [0.2, 0.25) is 0 Å². The molecule has 1 aliphatic heterocycles. The molecule has 0 unspecified atom stereocenters. The summed E-state index contributed by atoms with van der Waals surface area (Å²) < 4.78 is 0. The Morgan fingerprint density at radius 3 is 2.68 bits per heavy atom. The Morgan fingerprint density at radius 1 is 1.11 bits per heavy atom. The minimum atomic E-state index is 0.125. The van der Waals surface area contributed by atoms with E-state index < -0.39 is 0 Å². The molecule has 104 valence electrons. The molecule has 1 aromatic rings. The largest absolute Gasteiger partial charge is 0.368 e. The molecular formula is C17H26N2. The van der Waals surface area contributed by atoms with Crippen LogP contribution in [0.5, 0.6) is 0 Å².